The van der Waals surface area contributed by atoms with Gasteiger partial charge in [-0.2, -0.15) is 13.2 Å². The Morgan fingerprint density at radius 3 is 2.38 bits per heavy atom. The molecule has 1 amide bonds. The molecule has 138 valence electrons. The molecule has 7 heteroatoms. The number of benzene rings is 2. The highest BCUT2D eigenvalue weighted by atomic mass is 19.4. The average molecular weight is 363 g/mol. The Bertz CT molecular complexity index is 732. The van der Waals surface area contributed by atoms with Crippen molar-refractivity contribution < 1.29 is 18.0 Å². The molecular formula is C19H20F3N3O. The van der Waals surface area contributed by atoms with Crippen molar-refractivity contribution in [2.75, 3.05) is 30.3 Å². The van der Waals surface area contributed by atoms with E-state index in [0.29, 0.717) is 5.69 Å². The maximum absolute atomic E-state index is 12.5. The molecule has 3 rings (SSSR count). The maximum atomic E-state index is 12.5. The summed E-state index contributed by atoms with van der Waals surface area (Å²) in [6.07, 6.45) is -3.44. The summed E-state index contributed by atoms with van der Waals surface area (Å²) in [6.45, 7) is 1.76. The van der Waals surface area contributed by atoms with E-state index in [4.69, 9.17) is 0 Å². The number of anilines is 2. The molecule has 4 nitrogen and oxygen atoms in total. The van der Waals surface area contributed by atoms with E-state index < -0.39 is 11.7 Å². The molecule has 1 atom stereocenters. The van der Waals surface area contributed by atoms with Crippen molar-refractivity contribution in [3.8, 4) is 0 Å². The van der Waals surface area contributed by atoms with Crippen molar-refractivity contribution in [3.63, 3.8) is 0 Å². The lowest BCUT2D eigenvalue weighted by Crippen LogP contribution is -2.33. The fourth-order valence-corrected chi connectivity index (χ4v) is 3.01. The topological polar surface area (TPSA) is 44.4 Å². The van der Waals surface area contributed by atoms with Crippen LogP contribution in [-0.2, 0) is 11.0 Å². The normalized spacial score (nSPS) is 17.9. The van der Waals surface area contributed by atoms with Gasteiger partial charge in [0.05, 0.1) is 12.1 Å². The molecule has 0 aliphatic carbocycles. The highest BCUT2D eigenvalue weighted by molar-refractivity contribution is 5.92. The number of nitrogens with zero attached hydrogens (tertiary/aromatic N) is 1. The number of amides is 1. The fourth-order valence-electron chi connectivity index (χ4n) is 3.01. The van der Waals surface area contributed by atoms with E-state index in [1.165, 1.54) is 12.1 Å². The number of hydrogen-bond donors (Lipinski definition) is 2. The second kappa shape index (κ2) is 7.78. The molecule has 2 N–H and O–H groups in total. The van der Waals surface area contributed by atoms with Gasteiger partial charge in [0.15, 0.2) is 0 Å². The Morgan fingerprint density at radius 1 is 1.04 bits per heavy atom. The quantitative estimate of drug-likeness (QED) is 0.849. The number of likely N-dealkylation sites (tertiary alicyclic amines) is 1. The Kier molecular flexibility index (Phi) is 5.46. The lowest BCUT2D eigenvalue weighted by Gasteiger charge is -2.17. The van der Waals surface area contributed by atoms with E-state index >= 15 is 0 Å². The lowest BCUT2D eigenvalue weighted by molar-refractivity contribution is -0.137. The van der Waals surface area contributed by atoms with Gasteiger partial charge in [0, 0.05) is 30.5 Å². The second-order valence-corrected chi connectivity index (χ2v) is 6.35. The van der Waals surface area contributed by atoms with Gasteiger partial charge >= 0.3 is 6.18 Å². The van der Waals surface area contributed by atoms with E-state index in [1.807, 2.05) is 35.2 Å². The van der Waals surface area contributed by atoms with Gasteiger partial charge in [0.1, 0.15) is 0 Å². The highest BCUT2D eigenvalue weighted by Gasteiger charge is 2.30. The Morgan fingerprint density at radius 2 is 1.73 bits per heavy atom. The lowest BCUT2D eigenvalue weighted by atomic mass is 10.2. The summed E-state index contributed by atoms with van der Waals surface area (Å²) < 4.78 is 37.6. The van der Waals surface area contributed by atoms with Crippen molar-refractivity contribution in [2.45, 2.75) is 18.6 Å². The Hall–Kier alpha value is -2.54. The zero-order valence-electron chi connectivity index (χ0n) is 14.1. The summed E-state index contributed by atoms with van der Waals surface area (Å²) in [4.78, 5) is 14.1. The van der Waals surface area contributed by atoms with Gasteiger partial charge < -0.3 is 10.6 Å². The van der Waals surface area contributed by atoms with Crippen molar-refractivity contribution in [1.82, 2.24) is 4.90 Å². The molecule has 0 radical (unpaired) electrons. The SMILES string of the molecule is O=C(CN1CCC(Nc2ccccc2)C1)Nc1ccc(C(F)(F)F)cc1. The van der Waals surface area contributed by atoms with Crippen LogP contribution in [0.15, 0.2) is 54.6 Å². The van der Waals surface area contributed by atoms with Gasteiger partial charge in [-0.05, 0) is 42.8 Å². The van der Waals surface area contributed by atoms with E-state index in [9.17, 15) is 18.0 Å². The number of hydrogen-bond acceptors (Lipinski definition) is 3. The summed E-state index contributed by atoms with van der Waals surface area (Å²) in [5, 5.41) is 6.08. The standard InChI is InChI=1S/C19H20F3N3O/c20-19(21,22)14-6-8-16(9-7-14)24-18(26)13-25-11-10-17(12-25)23-15-4-2-1-3-5-15/h1-9,17,23H,10-13H2,(H,24,26). The minimum Gasteiger partial charge on any atom is -0.381 e. The summed E-state index contributed by atoms with van der Waals surface area (Å²) in [5.74, 6) is -0.231. The number of halogens is 3. The number of para-hydroxylation sites is 1. The van der Waals surface area contributed by atoms with E-state index in [2.05, 4.69) is 10.6 Å². The molecule has 1 unspecified atom stereocenters. The summed E-state index contributed by atoms with van der Waals surface area (Å²) in [5.41, 5.74) is 0.680. The van der Waals surface area contributed by atoms with Crippen molar-refractivity contribution in [3.05, 3.63) is 60.2 Å². The average Bonchev–Trinajstić information content (AvgIpc) is 3.02. The van der Waals surface area contributed by atoms with E-state index in [-0.39, 0.29) is 18.5 Å². The molecule has 26 heavy (non-hydrogen) atoms. The first-order valence-electron chi connectivity index (χ1n) is 8.41. The van der Waals surface area contributed by atoms with Crippen LogP contribution in [-0.4, -0.2) is 36.5 Å². The van der Waals surface area contributed by atoms with Crippen LogP contribution in [0.1, 0.15) is 12.0 Å². The highest BCUT2D eigenvalue weighted by Crippen LogP contribution is 2.29. The third-order valence-corrected chi connectivity index (χ3v) is 4.28. The van der Waals surface area contributed by atoms with Gasteiger partial charge in [-0.25, -0.2) is 0 Å². The minimum atomic E-state index is -4.38. The number of carbonyl (C=O) groups is 1. The predicted molar refractivity (Wildman–Crippen MR) is 95.0 cm³/mol. The van der Waals surface area contributed by atoms with Gasteiger partial charge in [0.2, 0.25) is 5.91 Å². The van der Waals surface area contributed by atoms with Crippen molar-refractivity contribution in [1.29, 1.82) is 0 Å². The number of nitrogens with one attached hydrogen (secondary N) is 2. The molecule has 1 aliphatic heterocycles. The van der Waals surface area contributed by atoms with E-state index in [1.54, 1.807) is 0 Å². The molecule has 0 saturated carbocycles. The maximum Gasteiger partial charge on any atom is 0.416 e. The largest absolute Gasteiger partial charge is 0.416 e. The predicted octanol–water partition coefficient (Wildman–Crippen LogP) is 3.83. The van der Waals surface area contributed by atoms with Crippen LogP contribution in [0.4, 0.5) is 24.5 Å². The Labute approximate surface area is 150 Å². The molecule has 1 saturated heterocycles. The molecule has 0 spiro atoms. The van der Waals surface area contributed by atoms with Crippen molar-refractivity contribution >= 4 is 17.3 Å². The summed E-state index contributed by atoms with van der Waals surface area (Å²) in [6, 6.07) is 14.6. The van der Waals surface area contributed by atoms with Crippen LogP contribution in [0.3, 0.4) is 0 Å². The summed E-state index contributed by atoms with van der Waals surface area (Å²) >= 11 is 0. The van der Waals surface area contributed by atoms with Crippen LogP contribution >= 0.6 is 0 Å². The van der Waals surface area contributed by atoms with Crippen LogP contribution < -0.4 is 10.6 Å². The molecule has 0 aromatic heterocycles. The molecule has 1 heterocycles. The minimum absolute atomic E-state index is 0.216. The molecule has 0 bridgehead atoms. The van der Waals surface area contributed by atoms with E-state index in [0.717, 1.165) is 37.3 Å². The van der Waals surface area contributed by atoms with Crippen LogP contribution in [0.25, 0.3) is 0 Å². The first kappa shape index (κ1) is 18.3. The molecule has 2 aromatic rings. The number of alkyl halides is 3. The number of rotatable bonds is 5. The Balaban J connectivity index is 1.47. The molecule has 2 aromatic carbocycles. The molecule has 1 aliphatic rings. The first-order chi connectivity index (χ1) is 12.4. The molecular weight excluding hydrogens is 343 g/mol. The van der Waals surface area contributed by atoms with Gasteiger partial charge in [-0.1, -0.05) is 18.2 Å². The van der Waals surface area contributed by atoms with Gasteiger partial charge in [-0.3, -0.25) is 9.69 Å². The van der Waals surface area contributed by atoms with Crippen LogP contribution in [0.2, 0.25) is 0 Å². The van der Waals surface area contributed by atoms with Crippen LogP contribution in [0, 0.1) is 0 Å². The third kappa shape index (κ3) is 4.98. The van der Waals surface area contributed by atoms with Crippen molar-refractivity contribution in [2.24, 2.45) is 0 Å². The second-order valence-electron chi connectivity index (χ2n) is 6.35. The smallest absolute Gasteiger partial charge is 0.381 e. The van der Waals surface area contributed by atoms with Gasteiger partial charge in [0.25, 0.3) is 0 Å². The van der Waals surface area contributed by atoms with Gasteiger partial charge in [-0.15, -0.1) is 0 Å². The molecule has 1 fully saturated rings. The van der Waals surface area contributed by atoms with Crippen LogP contribution in [0.5, 0.6) is 0 Å². The zero-order valence-corrected chi connectivity index (χ0v) is 14.1. The monoisotopic (exact) mass is 363 g/mol. The number of carbonyl (C=O) groups excluding carboxylic acids is 1. The third-order valence-electron chi connectivity index (χ3n) is 4.28. The summed E-state index contributed by atoms with van der Waals surface area (Å²) in [7, 11) is 0. The first-order valence-corrected chi connectivity index (χ1v) is 8.41. The zero-order chi connectivity index (χ0) is 18.6. The fraction of sp³-hybridized carbons (Fsp3) is 0.316.